The Balaban J connectivity index is 1.67. The quantitative estimate of drug-likeness (QED) is 0.877. The number of likely N-dealkylation sites (tertiary alicyclic amines) is 1. The van der Waals surface area contributed by atoms with Gasteiger partial charge in [0.1, 0.15) is 5.84 Å². The lowest BCUT2D eigenvalue weighted by Gasteiger charge is -2.29. The minimum Gasteiger partial charge on any atom is -0.393 e. The van der Waals surface area contributed by atoms with E-state index < -0.39 is 0 Å². The number of rotatable bonds is 2. The highest BCUT2D eigenvalue weighted by molar-refractivity contribution is 5.98. The number of anilines is 1. The Morgan fingerprint density at radius 1 is 1.33 bits per heavy atom. The highest BCUT2D eigenvalue weighted by Gasteiger charge is 2.31. The van der Waals surface area contributed by atoms with Crippen molar-refractivity contribution in [1.29, 1.82) is 0 Å². The fourth-order valence-electron chi connectivity index (χ4n) is 3.57. The van der Waals surface area contributed by atoms with Crippen molar-refractivity contribution in [3.8, 4) is 0 Å². The first-order chi connectivity index (χ1) is 11.4. The van der Waals surface area contributed by atoms with E-state index in [1.54, 1.807) is 0 Å². The SMILES string of the molecule is CC1(C)CC(O)CCN(C(=O)c2ccc(NC3=NCCC3)cc2)C1. The molecule has 5 heteroatoms. The van der Waals surface area contributed by atoms with Crippen LogP contribution < -0.4 is 5.32 Å². The van der Waals surface area contributed by atoms with E-state index in [1.807, 2.05) is 29.2 Å². The van der Waals surface area contributed by atoms with Crippen molar-refractivity contribution in [2.45, 2.75) is 45.6 Å². The molecule has 2 aliphatic heterocycles. The second-order valence-electron chi connectivity index (χ2n) is 7.67. The third-order valence-corrected chi connectivity index (χ3v) is 4.72. The molecule has 1 fully saturated rings. The molecule has 0 aromatic heterocycles. The summed E-state index contributed by atoms with van der Waals surface area (Å²) >= 11 is 0. The molecule has 24 heavy (non-hydrogen) atoms. The molecule has 5 nitrogen and oxygen atoms in total. The molecule has 130 valence electrons. The average Bonchev–Trinajstić information content (AvgIpc) is 2.99. The van der Waals surface area contributed by atoms with E-state index in [9.17, 15) is 9.90 Å². The van der Waals surface area contributed by atoms with Crippen LogP contribution in [0.4, 0.5) is 5.69 Å². The number of aliphatic imine (C=N–C) groups is 1. The molecule has 1 atom stereocenters. The summed E-state index contributed by atoms with van der Waals surface area (Å²) in [6.45, 7) is 6.41. The zero-order valence-electron chi connectivity index (χ0n) is 14.6. The number of carbonyl (C=O) groups excluding carboxylic acids is 1. The summed E-state index contributed by atoms with van der Waals surface area (Å²) in [5.41, 5.74) is 1.60. The van der Waals surface area contributed by atoms with Crippen LogP contribution >= 0.6 is 0 Å². The maximum Gasteiger partial charge on any atom is 0.253 e. The predicted molar refractivity (Wildman–Crippen MR) is 96.5 cm³/mol. The zero-order valence-corrected chi connectivity index (χ0v) is 14.6. The van der Waals surface area contributed by atoms with Crippen LogP contribution in [-0.4, -0.2) is 47.5 Å². The van der Waals surface area contributed by atoms with Gasteiger partial charge in [0.05, 0.1) is 6.10 Å². The minimum absolute atomic E-state index is 0.0435. The van der Waals surface area contributed by atoms with Crippen LogP contribution in [0, 0.1) is 5.41 Å². The number of hydrogen-bond acceptors (Lipinski definition) is 4. The summed E-state index contributed by atoms with van der Waals surface area (Å²) in [6.07, 6.45) is 3.16. The lowest BCUT2D eigenvalue weighted by Crippen LogP contribution is -2.37. The molecule has 0 spiro atoms. The maximum absolute atomic E-state index is 12.8. The standard InChI is InChI=1S/C19H27N3O2/c1-19(2)12-16(23)9-11-22(13-19)18(24)14-5-7-15(8-6-14)21-17-4-3-10-20-17/h5-8,16,23H,3-4,9-13H2,1-2H3,(H,20,21). The van der Waals surface area contributed by atoms with Gasteiger partial charge in [-0.3, -0.25) is 9.79 Å². The van der Waals surface area contributed by atoms with Gasteiger partial charge in [0.15, 0.2) is 0 Å². The van der Waals surface area contributed by atoms with Gasteiger partial charge in [-0.15, -0.1) is 0 Å². The molecule has 1 aromatic rings. The fourth-order valence-corrected chi connectivity index (χ4v) is 3.57. The third kappa shape index (κ3) is 4.15. The molecule has 1 saturated heterocycles. The summed E-state index contributed by atoms with van der Waals surface area (Å²) in [5.74, 6) is 1.07. The number of aliphatic hydroxyl groups is 1. The van der Waals surface area contributed by atoms with E-state index in [-0.39, 0.29) is 17.4 Å². The van der Waals surface area contributed by atoms with E-state index >= 15 is 0 Å². The molecule has 0 radical (unpaired) electrons. The van der Waals surface area contributed by atoms with Crippen molar-refractivity contribution < 1.29 is 9.90 Å². The molecule has 0 aliphatic carbocycles. The van der Waals surface area contributed by atoms with E-state index in [0.717, 1.165) is 37.3 Å². The lowest BCUT2D eigenvalue weighted by atomic mass is 9.87. The largest absolute Gasteiger partial charge is 0.393 e. The first-order valence-electron chi connectivity index (χ1n) is 8.81. The van der Waals surface area contributed by atoms with Gasteiger partial charge in [-0.1, -0.05) is 13.8 Å². The Morgan fingerprint density at radius 3 is 2.75 bits per heavy atom. The van der Waals surface area contributed by atoms with E-state index in [2.05, 4.69) is 24.2 Å². The summed E-state index contributed by atoms with van der Waals surface area (Å²) < 4.78 is 0. The maximum atomic E-state index is 12.8. The summed E-state index contributed by atoms with van der Waals surface area (Å²) in [7, 11) is 0. The van der Waals surface area contributed by atoms with E-state index in [1.165, 1.54) is 0 Å². The van der Waals surface area contributed by atoms with Gasteiger partial charge in [0.25, 0.3) is 5.91 Å². The van der Waals surface area contributed by atoms with Gasteiger partial charge in [-0.2, -0.15) is 0 Å². The zero-order chi connectivity index (χ0) is 17.2. The predicted octanol–water partition coefficient (Wildman–Crippen LogP) is 2.91. The molecular formula is C19H27N3O2. The van der Waals surface area contributed by atoms with Gasteiger partial charge in [0, 0.05) is 37.3 Å². The number of nitrogens with zero attached hydrogens (tertiary/aromatic N) is 2. The molecule has 2 N–H and O–H groups in total. The number of amidine groups is 1. The highest BCUT2D eigenvalue weighted by atomic mass is 16.3. The molecule has 1 amide bonds. The average molecular weight is 329 g/mol. The van der Waals surface area contributed by atoms with Crippen LogP contribution in [0.25, 0.3) is 0 Å². The van der Waals surface area contributed by atoms with Gasteiger partial charge in [0.2, 0.25) is 0 Å². The van der Waals surface area contributed by atoms with Crippen molar-refractivity contribution in [1.82, 2.24) is 4.90 Å². The fraction of sp³-hybridized carbons (Fsp3) is 0.579. The molecule has 1 aromatic carbocycles. The Hall–Kier alpha value is -1.88. The Labute approximate surface area is 143 Å². The third-order valence-electron chi connectivity index (χ3n) is 4.72. The highest BCUT2D eigenvalue weighted by Crippen LogP contribution is 2.29. The molecule has 0 bridgehead atoms. The number of nitrogens with one attached hydrogen (secondary N) is 1. The molecule has 2 aliphatic rings. The second-order valence-corrected chi connectivity index (χ2v) is 7.67. The summed E-state index contributed by atoms with van der Waals surface area (Å²) in [4.78, 5) is 19.1. The van der Waals surface area contributed by atoms with Crippen LogP contribution in [0.3, 0.4) is 0 Å². The van der Waals surface area contributed by atoms with Crippen molar-refractivity contribution in [2.24, 2.45) is 10.4 Å². The smallest absolute Gasteiger partial charge is 0.253 e. The number of hydrogen-bond donors (Lipinski definition) is 2. The topological polar surface area (TPSA) is 64.9 Å². The van der Waals surface area contributed by atoms with Crippen molar-refractivity contribution >= 4 is 17.4 Å². The van der Waals surface area contributed by atoms with Gasteiger partial charge in [-0.05, 0) is 48.9 Å². The number of benzene rings is 1. The van der Waals surface area contributed by atoms with Crippen molar-refractivity contribution in [2.75, 3.05) is 25.0 Å². The van der Waals surface area contributed by atoms with E-state index in [0.29, 0.717) is 25.1 Å². The van der Waals surface area contributed by atoms with Gasteiger partial charge < -0.3 is 15.3 Å². The van der Waals surface area contributed by atoms with E-state index in [4.69, 9.17) is 0 Å². The second kappa shape index (κ2) is 6.93. The Kier molecular flexibility index (Phi) is 4.90. The lowest BCUT2D eigenvalue weighted by molar-refractivity contribution is 0.0705. The van der Waals surface area contributed by atoms with Crippen LogP contribution in [0.15, 0.2) is 29.3 Å². The number of amides is 1. The van der Waals surface area contributed by atoms with Crippen LogP contribution in [-0.2, 0) is 0 Å². The van der Waals surface area contributed by atoms with Crippen molar-refractivity contribution in [3.05, 3.63) is 29.8 Å². The van der Waals surface area contributed by atoms with Gasteiger partial charge >= 0.3 is 0 Å². The molecule has 2 heterocycles. The van der Waals surface area contributed by atoms with Crippen molar-refractivity contribution in [3.63, 3.8) is 0 Å². The first-order valence-corrected chi connectivity index (χ1v) is 8.81. The minimum atomic E-state index is -0.323. The van der Waals surface area contributed by atoms with Gasteiger partial charge in [-0.25, -0.2) is 0 Å². The monoisotopic (exact) mass is 329 g/mol. The normalized spacial score (nSPS) is 23.5. The molecular weight excluding hydrogens is 302 g/mol. The summed E-state index contributed by atoms with van der Waals surface area (Å²) in [5, 5.41) is 13.3. The Morgan fingerprint density at radius 2 is 2.08 bits per heavy atom. The Bertz CT molecular complexity index is 622. The summed E-state index contributed by atoms with van der Waals surface area (Å²) in [6, 6.07) is 7.61. The van der Waals surface area contributed by atoms with Crippen LogP contribution in [0.1, 0.15) is 49.9 Å². The van der Waals surface area contributed by atoms with Crippen LogP contribution in [0.2, 0.25) is 0 Å². The molecule has 3 rings (SSSR count). The number of aliphatic hydroxyl groups excluding tert-OH is 1. The molecule has 0 saturated carbocycles. The van der Waals surface area contributed by atoms with Crippen LogP contribution in [0.5, 0.6) is 0 Å². The number of carbonyl (C=O) groups is 1. The molecule has 1 unspecified atom stereocenters. The first kappa shape index (κ1) is 17.0.